The zero-order valence-corrected chi connectivity index (χ0v) is 15.4. The second-order valence-corrected chi connectivity index (χ2v) is 8.95. The van der Waals surface area contributed by atoms with Gasteiger partial charge in [0, 0.05) is 51.7 Å². The maximum atomic E-state index is 12.8. The first-order valence-electron chi connectivity index (χ1n) is 9.96. The van der Waals surface area contributed by atoms with E-state index in [-0.39, 0.29) is 0 Å². The van der Waals surface area contributed by atoms with Gasteiger partial charge < -0.3 is 10.2 Å². The number of rotatable bonds is 6. The molecule has 5 aliphatic rings. The Morgan fingerprint density at radius 1 is 1.33 bits per heavy atom. The Morgan fingerprint density at radius 3 is 2.71 bits per heavy atom. The van der Waals surface area contributed by atoms with Crippen molar-refractivity contribution >= 4 is 5.91 Å². The van der Waals surface area contributed by atoms with Crippen molar-refractivity contribution in [3.63, 3.8) is 0 Å². The molecule has 1 N–H and O–H groups in total. The first-order chi connectivity index (χ1) is 11.6. The van der Waals surface area contributed by atoms with Crippen LogP contribution in [0.4, 0.5) is 0 Å². The second-order valence-electron chi connectivity index (χ2n) is 8.95. The molecule has 0 aromatic rings. The minimum atomic E-state index is 0.333. The minimum Gasteiger partial charge on any atom is -0.337 e. The van der Waals surface area contributed by atoms with Crippen molar-refractivity contribution in [2.45, 2.75) is 39.5 Å². The van der Waals surface area contributed by atoms with Crippen LogP contribution in [-0.4, -0.2) is 61.5 Å². The highest BCUT2D eigenvalue weighted by Gasteiger charge is 2.51. The molecule has 2 bridgehead atoms. The van der Waals surface area contributed by atoms with E-state index in [0.29, 0.717) is 23.2 Å². The number of allylic oxidation sites excluding steroid dienone is 1. The van der Waals surface area contributed by atoms with Crippen LogP contribution in [0.2, 0.25) is 0 Å². The molecule has 0 spiro atoms. The van der Waals surface area contributed by atoms with Gasteiger partial charge in [0.15, 0.2) is 0 Å². The van der Waals surface area contributed by atoms with Gasteiger partial charge in [0.1, 0.15) is 0 Å². The molecular weight excluding hydrogens is 298 g/mol. The topological polar surface area (TPSA) is 35.6 Å². The lowest BCUT2D eigenvalue weighted by Gasteiger charge is -2.57. The van der Waals surface area contributed by atoms with Gasteiger partial charge in [-0.25, -0.2) is 0 Å². The van der Waals surface area contributed by atoms with Gasteiger partial charge in [0.2, 0.25) is 5.91 Å². The molecule has 1 aliphatic heterocycles. The highest BCUT2D eigenvalue weighted by Crippen LogP contribution is 2.59. The summed E-state index contributed by atoms with van der Waals surface area (Å²) in [7, 11) is 0. The van der Waals surface area contributed by atoms with E-state index in [4.69, 9.17) is 0 Å². The van der Waals surface area contributed by atoms with E-state index in [2.05, 4.69) is 35.0 Å². The standard InChI is InChI=1S/C20H33N3O/c1-20(2)17-6-5-16(18(20)13-17)14-23(19(24)15-3-4-15)12-11-22-9-7-21-8-10-22/h5,15,17-18,21H,3-4,6-14H2,1-2H3/t17-,18-/m1/s1. The summed E-state index contributed by atoms with van der Waals surface area (Å²) < 4.78 is 0. The number of fused-ring (bicyclic) bond motifs is 1. The van der Waals surface area contributed by atoms with Crippen LogP contribution in [0.3, 0.4) is 0 Å². The lowest BCUT2D eigenvalue weighted by molar-refractivity contribution is -0.132. The van der Waals surface area contributed by atoms with Gasteiger partial charge in [-0.15, -0.1) is 0 Å². The normalized spacial score (nSPS) is 32.0. The van der Waals surface area contributed by atoms with E-state index in [1.807, 2.05) is 0 Å². The fraction of sp³-hybridized carbons (Fsp3) is 0.850. The van der Waals surface area contributed by atoms with Gasteiger partial charge in [-0.05, 0) is 42.9 Å². The number of carbonyl (C=O) groups is 1. The third-order valence-corrected chi connectivity index (χ3v) is 7.09. The van der Waals surface area contributed by atoms with E-state index in [0.717, 1.165) is 64.6 Å². The highest BCUT2D eigenvalue weighted by atomic mass is 16.2. The molecule has 4 nitrogen and oxygen atoms in total. The summed E-state index contributed by atoms with van der Waals surface area (Å²) in [6, 6.07) is 0. The van der Waals surface area contributed by atoms with Crippen LogP contribution in [-0.2, 0) is 4.79 Å². The van der Waals surface area contributed by atoms with Crippen LogP contribution in [0, 0.1) is 23.2 Å². The van der Waals surface area contributed by atoms with Crippen LogP contribution in [0.1, 0.15) is 39.5 Å². The molecule has 1 heterocycles. The van der Waals surface area contributed by atoms with Crippen molar-refractivity contribution in [1.29, 1.82) is 0 Å². The molecule has 0 aromatic heterocycles. The predicted octanol–water partition coefficient (Wildman–Crippen LogP) is 2.12. The number of hydrogen-bond acceptors (Lipinski definition) is 3. The average molecular weight is 332 g/mol. The van der Waals surface area contributed by atoms with Gasteiger partial charge in [-0.3, -0.25) is 9.69 Å². The fourth-order valence-electron chi connectivity index (χ4n) is 4.93. The monoisotopic (exact) mass is 331 g/mol. The summed E-state index contributed by atoms with van der Waals surface area (Å²) in [5, 5.41) is 3.41. The number of piperazine rings is 1. The smallest absolute Gasteiger partial charge is 0.226 e. The molecule has 24 heavy (non-hydrogen) atoms. The Morgan fingerprint density at radius 2 is 2.08 bits per heavy atom. The maximum absolute atomic E-state index is 12.8. The second kappa shape index (κ2) is 6.45. The van der Waals surface area contributed by atoms with Crippen LogP contribution < -0.4 is 5.32 Å². The Hall–Kier alpha value is -0.870. The highest BCUT2D eigenvalue weighted by molar-refractivity contribution is 5.81. The number of hydrogen-bond donors (Lipinski definition) is 1. The zero-order chi connectivity index (χ0) is 16.7. The average Bonchev–Trinajstić information content (AvgIpc) is 3.44. The van der Waals surface area contributed by atoms with Gasteiger partial charge in [-0.1, -0.05) is 25.5 Å². The quantitative estimate of drug-likeness (QED) is 0.757. The minimum absolute atomic E-state index is 0.333. The zero-order valence-electron chi connectivity index (χ0n) is 15.4. The molecule has 134 valence electrons. The lowest BCUT2D eigenvalue weighted by Crippen LogP contribution is -2.51. The Labute approximate surface area is 146 Å². The van der Waals surface area contributed by atoms with Crippen molar-refractivity contribution in [1.82, 2.24) is 15.1 Å². The molecule has 0 radical (unpaired) electrons. The third-order valence-electron chi connectivity index (χ3n) is 7.09. The first-order valence-corrected chi connectivity index (χ1v) is 9.96. The van der Waals surface area contributed by atoms with Gasteiger partial charge in [0.25, 0.3) is 0 Å². The van der Waals surface area contributed by atoms with Crippen LogP contribution in [0.15, 0.2) is 11.6 Å². The van der Waals surface area contributed by atoms with Crippen LogP contribution >= 0.6 is 0 Å². The molecule has 5 rings (SSSR count). The molecular formula is C20H33N3O. The predicted molar refractivity (Wildman–Crippen MR) is 96.7 cm³/mol. The molecule has 2 atom stereocenters. The summed E-state index contributed by atoms with van der Waals surface area (Å²) in [4.78, 5) is 17.5. The van der Waals surface area contributed by atoms with Crippen molar-refractivity contribution in [2.75, 3.05) is 45.8 Å². The van der Waals surface area contributed by atoms with Gasteiger partial charge in [-0.2, -0.15) is 0 Å². The maximum Gasteiger partial charge on any atom is 0.226 e. The van der Waals surface area contributed by atoms with Crippen molar-refractivity contribution in [2.24, 2.45) is 23.2 Å². The number of carbonyl (C=O) groups excluding carboxylic acids is 1. The molecule has 1 saturated heterocycles. The molecule has 4 aliphatic carbocycles. The largest absolute Gasteiger partial charge is 0.337 e. The summed E-state index contributed by atoms with van der Waals surface area (Å²) in [5.41, 5.74) is 2.01. The van der Waals surface area contributed by atoms with E-state index < -0.39 is 0 Å². The molecule has 1 amide bonds. The first kappa shape index (κ1) is 16.6. The summed E-state index contributed by atoms with van der Waals surface area (Å²) in [6.45, 7) is 12.1. The van der Waals surface area contributed by atoms with Crippen molar-refractivity contribution < 1.29 is 4.79 Å². The third kappa shape index (κ3) is 3.15. The van der Waals surface area contributed by atoms with E-state index in [9.17, 15) is 4.79 Å². The molecule has 4 heteroatoms. The SMILES string of the molecule is CC1(C)[C@@H]2CC=C(CN(CCN3CCNCC3)C(=O)C3CC3)[C@H]1C2. The van der Waals surface area contributed by atoms with E-state index in [1.54, 1.807) is 5.57 Å². The van der Waals surface area contributed by atoms with Gasteiger partial charge >= 0.3 is 0 Å². The Kier molecular flexibility index (Phi) is 4.46. The van der Waals surface area contributed by atoms with Crippen molar-refractivity contribution in [3.05, 3.63) is 11.6 Å². The van der Waals surface area contributed by atoms with Crippen LogP contribution in [0.25, 0.3) is 0 Å². The summed E-state index contributed by atoms with van der Waals surface area (Å²) in [5.74, 6) is 2.34. The van der Waals surface area contributed by atoms with E-state index >= 15 is 0 Å². The number of nitrogens with zero attached hydrogens (tertiary/aromatic N) is 2. The Balaban J connectivity index is 1.39. The van der Waals surface area contributed by atoms with Crippen LogP contribution in [0.5, 0.6) is 0 Å². The molecule has 3 fully saturated rings. The van der Waals surface area contributed by atoms with Gasteiger partial charge in [0.05, 0.1) is 0 Å². The van der Waals surface area contributed by atoms with Crippen molar-refractivity contribution in [3.8, 4) is 0 Å². The molecule has 0 aromatic carbocycles. The molecule has 2 saturated carbocycles. The number of amides is 1. The van der Waals surface area contributed by atoms with E-state index in [1.165, 1.54) is 12.8 Å². The fourth-order valence-corrected chi connectivity index (χ4v) is 4.93. The summed E-state index contributed by atoms with van der Waals surface area (Å²) >= 11 is 0. The molecule has 0 unspecified atom stereocenters. The summed E-state index contributed by atoms with van der Waals surface area (Å²) in [6.07, 6.45) is 7.25. The number of nitrogens with one attached hydrogen (secondary N) is 1. The lowest BCUT2D eigenvalue weighted by atomic mass is 9.49. The Bertz CT molecular complexity index is 517.